The normalized spacial score (nSPS) is 18.5. The molecule has 0 N–H and O–H groups in total. The molecule has 0 saturated carbocycles. The lowest BCUT2D eigenvalue weighted by Crippen LogP contribution is -2.49. The van der Waals surface area contributed by atoms with Gasteiger partial charge in [-0.2, -0.15) is 0 Å². The van der Waals surface area contributed by atoms with Crippen molar-refractivity contribution in [2.24, 2.45) is 0 Å². The maximum absolute atomic E-state index is 14.6. The van der Waals surface area contributed by atoms with Gasteiger partial charge in [-0.1, -0.05) is 0 Å². The van der Waals surface area contributed by atoms with E-state index in [0.29, 0.717) is 17.1 Å². The highest BCUT2D eigenvalue weighted by Gasteiger charge is 2.51. The Morgan fingerprint density at radius 2 is 2.14 bits per heavy atom. The number of pyridine rings is 1. The van der Waals surface area contributed by atoms with Crippen molar-refractivity contribution in [1.29, 1.82) is 0 Å². The Kier molecular flexibility index (Phi) is 2.34. The van der Waals surface area contributed by atoms with Crippen LogP contribution in [0.15, 0.2) is 54.5 Å². The highest BCUT2D eigenvalue weighted by atomic mass is 19.2. The Morgan fingerprint density at radius 3 is 2.95 bits per heavy atom. The van der Waals surface area contributed by atoms with Gasteiger partial charge in [0.2, 0.25) is 0 Å². The van der Waals surface area contributed by atoms with Crippen LogP contribution in [0.25, 0.3) is 5.57 Å². The Hall–Kier alpha value is -2.50. The van der Waals surface area contributed by atoms with Crippen molar-refractivity contribution < 1.29 is 13.1 Å². The minimum atomic E-state index is -3.84. The first-order valence-electron chi connectivity index (χ1n) is 6.76. The largest absolute Gasteiger partial charge is 0.737 e. The summed E-state index contributed by atoms with van der Waals surface area (Å²) in [5.41, 5.74) is 3.50. The lowest BCUT2D eigenvalue weighted by molar-refractivity contribution is -0.356. The van der Waals surface area contributed by atoms with Crippen LogP contribution in [0.3, 0.4) is 0 Å². The molecule has 2 aromatic rings. The minimum absolute atomic E-state index is 0.504. The van der Waals surface area contributed by atoms with Crippen LogP contribution in [-0.2, 0) is 0 Å². The minimum Gasteiger partial charge on any atom is -0.396 e. The molecule has 4 heterocycles. The molecule has 2 aliphatic rings. The summed E-state index contributed by atoms with van der Waals surface area (Å²) in [7, 11) is 0. The van der Waals surface area contributed by atoms with Crippen LogP contribution in [0.5, 0.6) is 0 Å². The van der Waals surface area contributed by atoms with Crippen LogP contribution in [0, 0.1) is 6.92 Å². The fourth-order valence-electron chi connectivity index (χ4n) is 2.95. The third kappa shape index (κ3) is 1.59. The van der Waals surface area contributed by atoms with Gasteiger partial charge in [0.05, 0.1) is 11.3 Å². The molecule has 6 heteroatoms. The number of fused-ring (bicyclic) bond motifs is 2. The quantitative estimate of drug-likeness (QED) is 0.737. The lowest BCUT2D eigenvalue weighted by atomic mass is 9.87. The molecule has 0 aromatic carbocycles. The molecular formula is C15H12BF2N3. The summed E-state index contributed by atoms with van der Waals surface area (Å²) in [4.78, 5) is 4.37. The molecule has 2 aliphatic heterocycles. The molecule has 0 bridgehead atoms. The molecule has 3 nitrogen and oxygen atoms in total. The molecule has 0 amide bonds. The number of halogens is 2. The Morgan fingerprint density at radius 1 is 1.29 bits per heavy atom. The van der Waals surface area contributed by atoms with E-state index in [1.807, 2.05) is 19.1 Å². The summed E-state index contributed by atoms with van der Waals surface area (Å²) in [5.74, 6) is 0. The number of aryl methyl sites for hydroxylation is 1. The van der Waals surface area contributed by atoms with E-state index in [2.05, 4.69) is 4.98 Å². The molecule has 0 radical (unpaired) electrons. The van der Waals surface area contributed by atoms with Crippen molar-refractivity contribution in [2.45, 2.75) is 6.92 Å². The summed E-state index contributed by atoms with van der Waals surface area (Å²) in [6.07, 6.45) is 7.91. The fraction of sp³-hybridized carbons (Fsp3) is 0.0667. The maximum atomic E-state index is 14.6. The molecule has 104 valence electrons. The number of nitrogens with zero attached hydrogens (tertiary/aromatic N) is 3. The fourth-order valence-corrected chi connectivity index (χ4v) is 2.95. The van der Waals surface area contributed by atoms with Gasteiger partial charge in [-0.15, -0.1) is 0 Å². The van der Waals surface area contributed by atoms with E-state index in [4.69, 9.17) is 0 Å². The molecule has 0 saturated heterocycles. The van der Waals surface area contributed by atoms with E-state index in [9.17, 15) is 8.63 Å². The van der Waals surface area contributed by atoms with Crippen LogP contribution in [-0.4, -0.2) is 27.1 Å². The van der Waals surface area contributed by atoms with Gasteiger partial charge in [0, 0.05) is 24.0 Å². The molecule has 0 unspecified atom stereocenters. The number of aromatic nitrogens is 2. The van der Waals surface area contributed by atoms with Gasteiger partial charge in [-0.25, -0.2) is 0 Å². The molecule has 21 heavy (non-hydrogen) atoms. The average molecular weight is 283 g/mol. The zero-order chi connectivity index (χ0) is 14.6. The zero-order valence-electron chi connectivity index (χ0n) is 11.4. The van der Waals surface area contributed by atoms with Crippen LogP contribution >= 0.6 is 0 Å². The van der Waals surface area contributed by atoms with E-state index in [1.54, 1.807) is 30.5 Å². The summed E-state index contributed by atoms with van der Waals surface area (Å²) < 4.78 is 31.3. The van der Waals surface area contributed by atoms with E-state index < -0.39 is 6.97 Å². The SMILES string of the molecule is Cc1ccnc(C2=C3C=CC=[N+]3[B-](F)(F)n3cccc32)c1. The van der Waals surface area contributed by atoms with Crippen LogP contribution in [0.4, 0.5) is 8.63 Å². The molecule has 0 atom stereocenters. The second-order valence-electron chi connectivity index (χ2n) is 5.28. The highest BCUT2D eigenvalue weighted by molar-refractivity contribution is 6.57. The monoisotopic (exact) mass is 283 g/mol. The first kappa shape index (κ1) is 12.3. The molecule has 0 fully saturated rings. The predicted octanol–water partition coefficient (Wildman–Crippen LogP) is 2.84. The van der Waals surface area contributed by atoms with Gasteiger partial charge in [0.1, 0.15) is 6.21 Å². The van der Waals surface area contributed by atoms with Crippen molar-refractivity contribution in [3.63, 3.8) is 0 Å². The predicted molar refractivity (Wildman–Crippen MR) is 78.3 cm³/mol. The molecule has 0 aliphatic carbocycles. The van der Waals surface area contributed by atoms with Crippen molar-refractivity contribution in [1.82, 2.24) is 9.46 Å². The highest BCUT2D eigenvalue weighted by Crippen LogP contribution is 2.37. The Balaban J connectivity index is 2.06. The van der Waals surface area contributed by atoms with Gasteiger partial charge in [-0.3, -0.25) is 4.98 Å². The van der Waals surface area contributed by atoms with Gasteiger partial charge in [0.25, 0.3) is 0 Å². The van der Waals surface area contributed by atoms with E-state index in [1.165, 1.54) is 12.4 Å². The maximum Gasteiger partial charge on any atom is 0.737 e. The third-order valence-electron chi connectivity index (χ3n) is 3.91. The number of allylic oxidation sites excluding steroid dienone is 2. The standard InChI is InChI=1S/C15H12BF2N3/c1-11-6-7-19-12(10-11)15-13-4-2-8-20(13)16(17,18)21-9-3-5-14(15)21/h2-10H,1H3. The van der Waals surface area contributed by atoms with Gasteiger partial charge in [-0.05, 0) is 42.9 Å². The number of hydrogen-bond donors (Lipinski definition) is 0. The van der Waals surface area contributed by atoms with Gasteiger partial charge >= 0.3 is 6.97 Å². The summed E-state index contributed by atoms with van der Waals surface area (Å²) in [5, 5.41) is 0. The molecule has 2 aromatic heterocycles. The molecule has 4 rings (SSSR count). The second-order valence-corrected chi connectivity index (χ2v) is 5.28. The van der Waals surface area contributed by atoms with E-state index >= 15 is 0 Å². The number of rotatable bonds is 1. The van der Waals surface area contributed by atoms with Crippen molar-refractivity contribution >= 4 is 18.8 Å². The first-order valence-corrected chi connectivity index (χ1v) is 6.76. The Labute approximate surface area is 120 Å². The van der Waals surface area contributed by atoms with Crippen molar-refractivity contribution in [3.05, 3.63) is 71.5 Å². The smallest absolute Gasteiger partial charge is 0.396 e. The van der Waals surface area contributed by atoms with Crippen molar-refractivity contribution in [2.75, 3.05) is 0 Å². The molecular weight excluding hydrogens is 271 g/mol. The first-order chi connectivity index (χ1) is 10.1. The lowest BCUT2D eigenvalue weighted by Gasteiger charge is -2.30. The van der Waals surface area contributed by atoms with Crippen LogP contribution < -0.4 is 0 Å². The van der Waals surface area contributed by atoms with Crippen molar-refractivity contribution in [3.8, 4) is 0 Å². The van der Waals surface area contributed by atoms with E-state index in [-0.39, 0.29) is 0 Å². The van der Waals surface area contributed by atoms with Crippen LogP contribution in [0.2, 0.25) is 0 Å². The van der Waals surface area contributed by atoms with E-state index in [0.717, 1.165) is 20.1 Å². The zero-order valence-corrected chi connectivity index (χ0v) is 11.4. The topological polar surface area (TPSA) is 20.8 Å². The van der Waals surface area contributed by atoms with Gasteiger partial charge < -0.3 is 17.6 Å². The van der Waals surface area contributed by atoms with Gasteiger partial charge in [0.15, 0.2) is 5.70 Å². The van der Waals surface area contributed by atoms with Crippen LogP contribution in [0.1, 0.15) is 17.0 Å². The summed E-state index contributed by atoms with van der Waals surface area (Å²) >= 11 is 0. The number of hydrogen-bond acceptors (Lipinski definition) is 1. The third-order valence-corrected chi connectivity index (χ3v) is 3.91. The Bertz CT molecular complexity index is 846. The summed E-state index contributed by atoms with van der Waals surface area (Å²) in [6, 6.07) is 7.17. The molecule has 0 spiro atoms. The average Bonchev–Trinajstić information content (AvgIpc) is 3.08. The second kappa shape index (κ2) is 4.01. The summed E-state index contributed by atoms with van der Waals surface area (Å²) in [6.45, 7) is -1.87.